The predicted octanol–water partition coefficient (Wildman–Crippen LogP) is 4.16. The highest BCUT2D eigenvalue weighted by atomic mass is 32.1. The Morgan fingerprint density at radius 2 is 2.03 bits per heavy atom. The average molecular weight is 430 g/mol. The van der Waals surface area contributed by atoms with Crippen molar-refractivity contribution < 1.29 is 24.2 Å². The van der Waals surface area contributed by atoms with Crippen LogP contribution in [0, 0.1) is 12.8 Å². The molecule has 0 radical (unpaired) electrons. The SMILES string of the molecule is COCCN1C(=O)C(=O)/C(=C(\O)c2cccc(OCC(C)C)c2)C1c1sccc1C. The minimum atomic E-state index is -0.685. The minimum Gasteiger partial charge on any atom is -0.507 e. The van der Waals surface area contributed by atoms with Crippen LogP contribution < -0.4 is 4.74 Å². The van der Waals surface area contributed by atoms with E-state index in [4.69, 9.17) is 9.47 Å². The summed E-state index contributed by atoms with van der Waals surface area (Å²) < 4.78 is 10.9. The van der Waals surface area contributed by atoms with Crippen molar-refractivity contribution in [1.82, 2.24) is 4.90 Å². The molecule has 0 aliphatic carbocycles. The third kappa shape index (κ3) is 4.42. The van der Waals surface area contributed by atoms with E-state index in [2.05, 4.69) is 13.8 Å². The third-order valence-electron chi connectivity index (χ3n) is 4.92. The zero-order valence-corrected chi connectivity index (χ0v) is 18.5. The van der Waals surface area contributed by atoms with Gasteiger partial charge in [0.2, 0.25) is 0 Å². The fourth-order valence-electron chi connectivity index (χ4n) is 3.39. The van der Waals surface area contributed by atoms with Crippen molar-refractivity contribution in [3.63, 3.8) is 0 Å². The van der Waals surface area contributed by atoms with Crippen molar-refractivity contribution in [3.05, 3.63) is 57.3 Å². The Labute approximate surface area is 180 Å². The van der Waals surface area contributed by atoms with E-state index in [0.717, 1.165) is 10.4 Å². The number of aryl methyl sites for hydroxylation is 1. The van der Waals surface area contributed by atoms with Crippen LogP contribution in [-0.2, 0) is 14.3 Å². The van der Waals surface area contributed by atoms with Crippen LogP contribution >= 0.6 is 11.3 Å². The number of hydrogen-bond acceptors (Lipinski definition) is 6. The van der Waals surface area contributed by atoms with E-state index in [-0.39, 0.29) is 17.9 Å². The van der Waals surface area contributed by atoms with Gasteiger partial charge in [-0.25, -0.2) is 0 Å². The van der Waals surface area contributed by atoms with Gasteiger partial charge in [-0.15, -0.1) is 11.3 Å². The first-order chi connectivity index (χ1) is 14.3. The van der Waals surface area contributed by atoms with Gasteiger partial charge in [0.25, 0.3) is 11.7 Å². The molecule has 1 aliphatic heterocycles. The average Bonchev–Trinajstić information content (AvgIpc) is 3.25. The number of Topliss-reactive ketones (excluding diaryl/α,β-unsaturated/α-hetero) is 1. The van der Waals surface area contributed by atoms with Gasteiger partial charge in [0.05, 0.1) is 24.8 Å². The summed E-state index contributed by atoms with van der Waals surface area (Å²) in [4.78, 5) is 28.0. The van der Waals surface area contributed by atoms with Crippen molar-refractivity contribution in [2.45, 2.75) is 26.8 Å². The lowest BCUT2D eigenvalue weighted by Crippen LogP contribution is -2.32. The first kappa shape index (κ1) is 22.1. The number of thiophene rings is 1. The van der Waals surface area contributed by atoms with Gasteiger partial charge in [0.1, 0.15) is 11.5 Å². The summed E-state index contributed by atoms with van der Waals surface area (Å²) >= 11 is 1.46. The minimum absolute atomic E-state index is 0.0997. The lowest BCUT2D eigenvalue weighted by atomic mass is 9.98. The number of nitrogens with zero attached hydrogens (tertiary/aromatic N) is 1. The van der Waals surface area contributed by atoms with Crippen molar-refractivity contribution in [1.29, 1.82) is 0 Å². The lowest BCUT2D eigenvalue weighted by molar-refractivity contribution is -0.140. The molecular formula is C23H27NO5S. The molecule has 1 unspecified atom stereocenters. The molecule has 0 saturated carbocycles. The monoisotopic (exact) mass is 429 g/mol. The summed E-state index contributed by atoms with van der Waals surface area (Å²) in [6.45, 7) is 7.13. The van der Waals surface area contributed by atoms with Gasteiger partial charge in [-0.3, -0.25) is 9.59 Å². The van der Waals surface area contributed by atoms with E-state index in [1.165, 1.54) is 16.2 Å². The fraction of sp³-hybridized carbons (Fsp3) is 0.391. The second-order valence-electron chi connectivity index (χ2n) is 7.69. The van der Waals surface area contributed by atoms with Crippen LogP contribution in [0.2, 0.25) is 0 Å². The Bertz CT molecular complexity index is 962. The number of rotatable bonds is 8. The predicted molar refractivity (Wildman–Crippen MR) is 117 cm³/mol. The summed E-state index contributed by atoms with van der Waals surface area (Å²) in [6, 6.07) is 8.27. The van der Waals surface area contributed by atoms with E-state index in [1.54, 1.807) is 31.4 Å². The molecule has 1 saturated heterocycles. The number of ether oxygens (including phenoxy) is 2. The van der Waals surface area contributed by atoms with E-state index in [9.17, 15) is 14.7 Å². The van der Waals surface area contributed by atoms with Crippen LogP contribution in [0.3, 0.4) is 0 Å². The number of hydrogen-bond donors (Lipinski definition) is 1. The number of benzene rings is 1. The van der Waals surface area contributed by atoms with E-state index < -0.39 is 17.7 Å². The molecule has 0 spiro atoms. The van der Waals surface area contributed by atoms with Gasteiger partial charge in [-0.05, 0) is 42.0 Å². The topological polar surface area (TPSA) is 76.1 Å². The summed E-state index contributed by atoms with van der Waals surface area (Å²) in [5, 5.41) is 13.0. The Balaban J connectivity index is 2.07. The van der Waals surface area contributed by atoms with Crippen molar-refractivity contribution in [2.24, 2.45) is 5.92 Å². The molecule has 1 N–H and O–H groups in total. The number of methoxy groups -OCH3 is 1. The Morgan fingerprint density at radius 1 is 1.27 bits per heavy atom. The molecule has 3 rings (SSSR count). The van der Waals surface area contributed by atoms with Crippen LogP contribution in [0.1, 0.15) is 35.9 Å². The molecule has 1 atom stereocenters. The van der Waals surface area contributed by atoms with Crippen molar-refractivity contribution >= 4 is 28.8 Å². The zero-order valence-electron chi connectivity index (χ0n) is 17.7. The quantitative estimate of drug-likeness (QED) is 0.387. The highest BCUT2D eigenvalue weighted by Crippen LogP contribution is 2.42. The number of likely N-dealkylation sites (tertiary alicyclic amines) is 1. The van der Waals surface area contributed by atoms with E-state index >= 15 is 0 Å². The molecule has 1 aliphatic rings. The number of aliphatic hydroxyl groups is 1. The number of aliphatic hydroxyl groups excluding tert-OH is 1. The molecule has 1 aromatic heterocycles. The molecule has 160 valence electrons. The van der Waals surface area contributed by atoms with Crippen molar-refractivity contribution in [2.75, 3.05) is 26.9 Å². The standard InChI is InChI=1S/C23H27NO5S/c1-14(2)13-29-17-7-5-6-16(12-17)20(25)18-19(22-15(3)8-11-30-22)24(9-10-28-4)23(27)21(18)26/h5-8,11-12,14,19,25H,9-10,13H2,1-4H3/b20-18-. The Morgan fingerprint density at radius 3 is 2.67 bits per heavy atom. The molecule has 2 heterocycles. The van der Waals surface area contributed by atoms with Gasteiger partial charge in [0, 0.05) is 24.1 Å². The normalized spacial score (nSPS) is 18.4. The van der Waals surface area contributed by atoms with Gasteiger partial charge in [-0.2, -0.15) is 0 Å². The van der Waals surface area contributed by atoms with Crippen LogP contribution in [0.15, 0.2) is 41.3 Å². The molecule has 30 heavy (non-hydrogen) atoms. The second-order valence-corrected chi connectivity index (χ2v) is 8.63. The molecular weight excluding hydrogens is 402 g/mol. The highest BCUT2D eigenvalue weighted by Gasteiger charge is 2.46. The number of ketones is 1. The molecule has 1 amide bonds. The number of carbonyl (C=O) groups is 2. The van der Waals surface area contributed by atoms with E-state index in [0.29, 0.717) is 30.4 Å². The molecule has 7 heteroatoms. The van der Waals surface area contributed by atoms with Gasteiger partial charge in [0.15, 0.2) is 0 Å². The smallest absolute Gasteiger partial charge is 0.295 e. The third-order valence-corrected chi connectivity index (χ3v) is 5.99. The number of amides is 1. The van der Waals surface area contributed by atoms with Crippen LogP contribution in [-0.4, -0.2) is 48.6 Å². The summed E-state index contributed by atoms with van der Waals surface area (Å²) in [5.41, 5.74) is 1.51. The largest absolute Gasteiger partial charge is 0.507 e. The fourth-order valence-corrected chi connectivity index (χ4v) is 4.44. The zero-order chi connectivity index (χ0) is 21.8. The Hall–Kier alpha value is -2.64. The molecule has 0 bridgehead atoms. The Kier molecular flexibility index (Phi) is 6.95. The first-order valence-corrected chi connectivity index (χ1v) is 10.8. The highest BCUT2D eigenvalue weighted by molar-refractivity contribution is 7.10. The summed E-state index contributed by atoms with van der Waals surface area (Å²) in [6.07, 6.45) is 0. The molecule has 2 aromatic rings. The van der Waals surface area contributed by atoms with Crippen LogP contribution in [0.5, 0.6) is 5.75 Å². The van der Waals surface area contributed by atoms with E-state index in [1.807, 2.05) is 18.4 Å². The lowest BCUT2D eigenvalue weighted by Gasteiger charge is -2.24. The molecule has 6 nitrogen and oxygen atoms in total. The summed E-state index contributed by atoms with van der Waals surface area (Å²) in [5.74, 6) is -0.546. The summed E-state index contributed by atoms with van der Waals surface area (Å²) in [7, 11) is 1.55. The van der Waals surface area contributed by atoms with Crippen LogP contribution in [0.4, 0.5) is 0 Å². The molecule has 1 aromatic carbocycles. The molecule has 1 fully saturated rings. The van der Waals surface area contributed by atoms with Gasteiger partial charge in [-0.1, -0.05) is 26.0 Å². The van der Waals surface area contributed by atoms with Crippen LogP contribution in [0.25, 0.3) is 5.76 Å². The maximum absolute atomic E-state index is 12.9. The van der Waals surface area contributed by atoms with Gasteiger partial charge < -0.3 is 19.5 Å². The van der Waals surface area contributed by atoms with Gasteiger partial charge >= 0.3 is 0 Å². The number of carbonyl (C=O) groups excluding carboxylic acids is 2. The van der Waals surface area contributed by atoms with Crippen molar-refractivity contribution in [3.8, 4) is 5.75 Å². The maximum Gasteiger partial charge on any atom is 0.295 e. The first-order valence-electron chi connectivity index (χ1n) is 9.89. The second kappa shape index (κ2) is 9.45. The maximum atomic E-state index is 12.9.